The number of pyridine rings is 1. The molecule has 1 aromatic carbocycles. The molecule has 3 heterocycles. The minimum atomic E-state index is -3.96. The second-order valence-electron chi connectivity index (χ2n) is 5.95. The maximum Gasteiger partial charge on any atom is 0.264 e. The van der Waals surface area contributed by atoms with E-state index in [0.717, 1.165) is 10.6 Å². The lowest BCUT2D eigenvalue weighted by atomic mass is 10.1. The SMILES string of the molecule is Nc1c2c(cc(=O)n1-c1ccc(S(=O)(=O)Nc3ncccn3)cc1)C(=O)NC2=O. The van der Waals surface area contributed by atoms with Crippen LogP contribution in [0.2, 0.25) is 0 Å². The number of nitrogens with one attached hydrogen (secondary N) is 2. The van der Waals surface area contributed by atoms with Gasteiger partial charge in [0.05, 0.1) is 21.7 Å². The zero-order chi connectivity index (χ0) is 20.8. The van der Waals surface area contributed by atoms with Gasteiger partial charge in [-0.1, -0.05) is 0 Å². The van der Waals surface area contributed by atoms with Crippen molar-refractivity contribution in [3.05, 3.63) is 70.3 Å². The molecular weight excluding hydrogens is 400 g/mol. The number of fused-ring (bicyclic) bond motifs is 1. The highest BCUT2D eigenvalue weighted by atomic mass is 32.2. The van der Waals surface area contributed by atoms with Gasteiger partial charge < -0.3 is 5.73 Å². The maximum atomic E-state index is 12.4. The van der Waals surface area contributed by atoms with Gasteiger partial charge in [-0.15, -0.1) is 0 Å². The lowest BCUT2D eigenvalue weighted by Gasteiger charge is -2.12. The molecule has 1 aliphatic rings. The molecule has 1 aliphatic heterocycles. The first-order chi connectivity index (χ1) is 13.8. The molecule has 0 bridgehead atoms. The summed E-state index contributed by atoms with van der Waals surface area (Å²) in [5, 5.41) is 2.07. The van der Waals surface area contributed by atoms with E-state index in [1.54, 1.807) is 6.07 Å². The Hall–Kier alpha value is -4.06. The average molecular weight is 412 g/mol. The first kappa shape index (κ1) is 18.3. The Kier molecular flexibility index (Phi) is 4.12. The molecule has 4 N–H and O–H groups in total. The first-order valence-corrected chi connectivity index (χ1v) is 9.58. The molecule has 2 amide bonds. The zero-order valence-corrected chi connectivity index (χ0v) is 15.3. The van der Waals surface area contributed by atoms with Gasteiger partial charge >= 0.3 is 0 Å². The number of hydrogen-bond acceptors (Lipinski definition) is 8. The molecule has 0 saturated carbocycles. The minimum Gasteiger partial charge on any atom is -0.384 e. The number of carbonyl (C=O) groups is 2. The normalized spacial score (nSPS) is 13.1. The number of sulfonamides is 1. The number of anilines is 2. The molecule has 0 aliphatic carbocycles. The number of carbonyl (C=O) groups excluding carboxylic acids is 2. The van der Waals surface area contributed by atoms with E-state index >= 15 is 0 Å². The summed E-state index contributed by atoms with van der Waals surface area (Å²) in [4.78, 5) is 43.5. The molecule has 0 saturated heterocycles. The number of aromatic nitrogens is 3. The number of benzene rings is 1. The number of imide groups is 1. The molecule has 11 nitrogen and oxygen atoms in total. The smallest absolute Gasteiger partial charge is 0.264 e. The first-order valence-electron chi connectivity index (χ1n) is 8.09. The van der Waals surface area contributed by atoms with Crippen molar-refractivity contribution < 1.29 is 18.0 Å². The fourth-order valence-corrected chi connectivity index (χ4v) is 3.81. The Morgan fingerprint density at radius 1 is 1.00 bits per heavy atom. The Bertz CT molecular complexity index is 1320. The van der Waals surface area contributed by atoms with Crippen LogP contribution in [0.15, 0.2) is 58.5 Å². The molecule has 12 heteroatoms. The Morgan fingerprint density at radius 2 is 1.66 bits per heavy atom. The summed E-state index contributed by atoms with van der Waals surface area (Å²) in [6, 6.07) is 7.75. The van der Waals surface area contributed by atoms with Crippen LogP contribution in [0.4, 0.5) is 11.8 Å². The van der Waals surface area contributed by atoms with Crippen LogP contribution in [0.3, 0.4) is 0 Å². The lowest BCUT2D eigenvalue weighted by Crippen LogP contribution is -2.24. The van der Waals surface area contributed by atoms with Gasteiger partial charge in [0.1, 0.15) is 5.82 Å². The highest BCUT2D eigenvalue weighted by molar-refractivity contribution is 7.92. The molecule has 0 radical (unpaired) electrons. The number of amides is 2. The predicted molar refractivity (Wildman–Crippen MR) is 101 cm³/mol. The Labute approximate surface area is 163 Å². The second kappa shape index (κ2) is 6.53. The standard InChI is InChI=1S/C17H12N6O5S/c18-14-13-11(15(25)21-16(13)26)8-12(24)23(14)9-2-4-10(5-3-9)29(27,28)22-17-19-6-1-7-20-17/h1-8H,18H2,(H,19,20,22)(H,21,25,26). The van der Waals surface area contributed by atoms with E-state index in [2.05, 4.69) is 20.0 Å². The second-order valence-corrected chi connectivity index (χ2v) is 7.63. The number of hydrogen-bond donors (Lipinski definition) is 3. The van der Waals surface area contributed by atoms with Crippen LogP contribution in [-0.4, -0.2) is 34.8 Å². The van der Waals surface area contributed by atoms with Crippen LogP contribution in [-0.2, 0) is 10.0 Å². The number of nitrogens with zero attached hydrogens (tertiary/aromatic N) is 3. The quantitative estimate of drug-likeness (QED) is 0.499. The van der Waals surface area contributed by atoms with Crippen molar-refractivity contribution in [1.82, 2.24) is 19.9 Å². The van der Waals surface area contributed by atoms with Gasteiger partial charge in [0.2, 0.25) is 5.95 Å². The molecule has 4 rings (SSSR count). The van der Waals surface area contributed by atoms with Crippen molar-refractivity contribution in [2.45, 2.75) is 4.90 Å². The molecule has 3 aromatic rings. The molecular formula is C17H12N6O5S. The molecule has 0 atom stereocenters. The Balaban J connectivity index is 1.73. The van der Waals surface area contributed by atoms with Crippen LogP contribution in [0.1, 0.15) is 20.7 Å². The fraction of sp³-hybridized carbons (Fsp3) is 0. The van der Waals surface area contributed by atoms with Gasteiger partial charge in [0, 0.05) is 18.5 Å². The fourth-order valence-electron chi connectivity index (χ4n) is 2.85. The Morgan fingerprint density at radius 3 is 2.31 bits per heavy atom. The average Bonchev–Trinajstić information content (AvgIpc) is 2.96. The molecule has 2 aromatic heterocycles. The number of rotatable bonds is 4. The van der Waals surface area contributed by atoms with Gasteiger partial charge in [-0.2, -0.15) is 0 Å². The van der Waals surface area contributed by atoms with E-state index in [1.165, 1.54) is 36.7 Å². The van der Waals surface area contributed by atoms with Crippen molar-refractivity contribution in [2.24, 2.45) is 0 Å². The molecule has 0 spiro atoms. The van der Waals surface area contributed by atoms with E-state index < -0.39 is 27.4 Å². The van der Waals surface area contributed by atoms with Crippen molar-refractivity contribution in [1.29, 1.82) is 0 Å². The molecule has 146 valence electrons. The summed E-state index contributed by atoms with van der Waals surface area (Å²) in [6.45, 7) is 0. The molecule has 0 fully saturated rings. The molecule has 0 unspecified atom stereocenters. The predicted octanol–water partition coefficient (Wildman–Crippen LogP) is -0.106. The molecule has 29 heavy (non-hydrogen) atoms. The van der Waals surface area contributed by atoms with Crippen LogP contribution in [0.25, 0.3) is 5.69 Å². The number of nitrogens with two attached hydrogens (primary N) is 1. The van der Waals surface area contributed by atoms with Crippen molar-refractivity contribution in [3.8, 4) is 5.69 Å². The van der Waals surface area contributed by atoms with Crippen LogP contribution >= 0.6 is 0 Å². The van der Waals surface area contributed by atoms with Gasteiger partial charge in [-0.05, 0) is 30.3 Å². The van der Waals surface area contributed by atoms with E-state index in [0.29, 0.717) is 0 Å². The third-order valence-corrected chi connectivity index (χ3v) is 5.49. The van der Waals surface area contributed by atoms with Crippen molar-refractivity contribution >= 4 is 33.6 Å². The van der Waals surface area contributed by atoms with Crippen LogP contribution in [0, 0.1) is 0 Å². The summed E-state index contributed by atoms with van der Waals surface area (Å²) in [6.07, 6.45) is 2.77. The van der Waals surface area contributed by atoms with Gasteiger partial charge in [-0.3, -0.25) is 24.3 Å². The summed E-state index contributed by atoms with van der Waals surface area (Å²) < 4.78 is 28.1. The maximum absolute atomic E-state index is 12.4. The summed E-state index contributed by atoms with van der Waals surface area (Å²) >= 11 is 0. The lowest BCUT2D eigenvalue weighted by molar-refractivity contribution is 0.0880. The van der Waals surface area contributed by atoms with Gasteiger partial charge in [0.25, 0.3) is 27.4 Å². The highest BCUT2D eigenvalue weighted by Crippen LogP contribution is 2.23. The van der Waals surface area contributed by atoms with E-state index in [4.69, 9.17) is 5.73 Å². The summed E-state index contributed by atoms with van der Waals surface area (Å²) in [5.41, 5.74) is 5.33. The van der Waals surface area contributed by atoms with Crippen molar-refractivity contribution in [3.63, 3.8) is 0 Å². The van der Waals surface area contributed by atoms with Gasteiger partial charge in [-0.25, -0.2) is 23.1 Å². The minimum absolute atomic E-state index is 0.0913. The topological polar surface area (TPSA) is 166 Å². The monoisotopic (exact) mass is 412 g/mol. The van der Waals surface area contributed by atoms with Crippen molar-refractivity contribution in [2.75, 3.05) is 10.5 Å². The third-order valence-electron chi connectivity index (χ3n) is 4.15. The van der Waals surface area contributed by atoms with Crippen LogP contribution < -0.4 is 21.3 Å². The highest BCUT2D eigenvalue weighted by Gasteiger charge is 2.31. The van der Waals surface area contributed by atoms with E-state index in [1.807, 2.05) is 0 Å². The van der Waals surface area contributed by atoms with Crippen LogP contribution in [0.5, 0.6) is 0 Å². The number of nitrogen functional groups attached to an aromatic ring is 1. The third kappa shape index (κ3) is 3.10. The van der Waals surface area contributed by atoms with E-state index in [-0.39, 0.29) is 33.5 Å². The zero-order valence-electron chi connectivity index (χ0n) is 14.5. The largest absolute Gasteiger partial charge is 0.384 e. The van der Waals surface area contributed by atoms with E-state index in [9.17, 15) is 22.8 Å². The summed E-state index contributed by atoms with van der Waals surface area (Å²) in [7, 11) is -3.96. The summed E-state index contributed by atoms with van der Waals surface area (Å²) in [5.74, 6) is -1.72. The van der Waals surface area contributed by atoms with Gasteiger partial charge in [0.15, 0.2) is 0 Å².